The molecule has 9 heteroatoms. The highest BCUT2D eigenvalue weighted by Gasteiger charge is 2.22. The first-order chi connectivity index (χ1) is 18.1. The number of nitrogens with two attached hydrogens (primary N) is 1. The number of oxazole rings is 1. The third-order valence-electron chi connectivity index (χ3n) is 7.06. The zero-order valence-corrected chi connectivity index (χ0v) is 20.5. The number of aromatic nitrogens is 5. The van der Waals surface area contributed by atoms with Crippen LogP contribution in [0.15, 0.2) is 71.4 Å². The second-order valence-corrected chi connectivity index (χ2v) is 9.50. The summed E-state index contributed by atoms with van der Waals surface area (Å²) in [4.78, 5) is 23.3. The van der Waals surface area contributed by atoms with Gasteiger partial charge < -0.3 is 20.0 Å². The first kappa shape index (κ1) is 21.6. The van der Waals surface area contributed by atoms with Gasteiger partial charge in [0.25, 0.3) is 6.01 Å². The summed E-state index contributed by atoms with van der Waals surface area (Å²) in [6.07, 6.45) is 4.55. The number of imidazole rings is 1. The number of pyridine rings is 1. The van der Waals surface area contributed by atoms with Gasteiger partial charge in [0.15, 0.2) is 5.58 Å². The number of hydrogen-bond donors (Lipinski definition) is 1. The summed E-state index contributed by atoms with van der Waals surface area (Å²) in [6, 6.07) is 18.9. The standard InChI is InChI=1S/C28H26N8O/c1-18-5-4-6-21-25(18)33-27(29)36-17-20(31-26(21)36)15-19-9-10-30-24(16-19)34-11-13-35(14-12-34)28-32-22-7-2-3-8-23(22)37-28/h2-10,16-17H,11-15H2,1H3,(H2,29,33). The Morgan fingerprint density at radius 2 is 1.76 bits per heavy atom. The Balaban J connectivity index is 1.10. The van der Waals surface area contributed by atoms with Crippen LogP contribution in [0.3, 0.4) is 0 Å². The molecule has 0 atom stereocenters. The molecule has 7 rings (SSSR count). The Bertz CT molecular complexity index is 1730. The van der Waals surface area contributed by atoms with E-state index < -0.39 is 0 Å². The van der Waals surface area contributed by atoms with Crippen LogP contribution in [-0.4, -0.2) is 50.5 Å². The molecule has 1 aliphatic heterocycles. The zero-order chi connectivity index (χ0) is 24.9. The van der Waals surface area contributed by atoms with Gasteiger partial charge >= 0.3 is 0 Å². The molecule has 1 aliphatic rings. The monoisotopic (exact) mass is 490 g/mol. The Kier molecular flexibility index (Phi) is 4.95. The van der Waals surface area contributed by atoms with E-state index in [1.165, 1.54) is 0 Å². The van der Waals surface area contributed by atoms with Crippen molar-refractivity contribution in [2.75, 3.05) is 41.7 Å². The van der Waals surface area contributed by atoms with Crippen LogP contribution in [-0.2, 0) is 6.42 Å². The number of hydrogen-bond acceptors (Lipinski definition) is 8. The lowest BCUT2D eigenvalue weighted by atomic mass is 10.1. The minimum atomic E-state index is 0.447. The molecule has 0 aliphatic carbocycles. The Hall–Kier alpha value is -4.66. The molecule has 4 aromatic heterocycles. The molecule has 37 heavy (non-hydrogen) atoms. The average molecular weight is 491 g/mol. The lowest BCUT2D eigenvalue weighted by Crippen LogP contribution is -2.47. The van der Waals surface area contributed by atoms with Gasteiger partial charge in [0.05, 0.1) is 11.2 Å². The van der Waals surface area contributed by atoms with E-state index in [1.54, 1.807) is 0 Å². The van der Waals surface area contributed by atoms with Gasteiger partial charge in [-0.05, 0) is 48.4 Å². The number of anilines is 3. The number of nitrogens with zero attached hydrogens (tertiary/aromatic N) is 7. The molecular formula is C28H26N8O. The fraction of sp³-hybridized carbons (Fsp3) is 0.214. The number of para-hydroxylation sites is 3. The van der Waals surface area contributed by atoms with Gasteiger partial charge in [-0.1, -0.05) is 24.3 Å². The molecule has 1 fully saturated rings. The fourth-order valence-electron chi connectivity index (χ4n) is 5.11. The minimum absolute atomic E-state index is 0.447. The number of benzene rings is 2. The summed E-state index contributed by atoms with van der Waals surface area (Å²) in [5.41, 5.74) is 12.9. The predicted molar refractivity (Wildman–Crippen MR) is 145 cm³/mol. The van der Waals surface area contributed by atoms with Crippen molar-refractivity contribution in [1.29, 1.82) is 0 Å². The summed E-state index contributed by atoms with van der Waals surface area (Å²) in [5, 5.41) is 1.01. The molecule has 0 saturated carbocycles. The zero-order valence-electron chi connectivity index (χ0n) is 20.5. The van der Waals surface area contributed by atoms with Crippen LogP contribution in [0.25, 0.3) is 27.6 Å². The number of fused-ring (bicyclic) bond motifs is 4. The molecule has 2 N–H and O–H groups in total. The van der Waals surface area contributed by atoms with Crippen LogP contribution in [0.1, 0.15) is 16.8 Å². The lowest BCUT2D eigenvalue weighted by molar-refractivity contribution is 0.540. The second kappa shape index (κ2) is 8.48. The van der Waals surface area contributed by atoms with Crippen molar-refractivity contribution in [3.05, 3.63) is 83.8 Å². The van der Waals surface area contributed by atoms with E-state index in [9.17, 15) is 0 Å². The van der Waals surface area contributed by atoms with Crippen molar-refractivity contribution in [2.24, 2.45) is 0 Å². The summed E-state index contributed by atoms with van der Waals surface area (Å²) < 4.78 is 7.84. The van der Waals surface area contributed by atoms with Crippen molar-refractivity contribution in [2.45, 2.75) is 13.3 Å². The van der Waals surface area contributed by atoms with Crippen molar-refractivity contribution in [3.8, 4) is 0 Å². The fourth-order valence-corrected chi connectivity index (χ4v) is 5.11. The van der Waals surface area contributed by atoms with Crippen LogP contribution in [0, 0.1) is 6.92 Å². The molecule has 0 unspecified atom stereocenters. The van der Waals surface area contributed by atoms with E-state index in [1.807, 2.05) is 72.2 Å². The maximum absolute atomic E-state index is 6.27. The highest BCUT2D eigenvalue weighted by Crippen LogP contribution is 2.26. The molecule has 0 amide bonds. The van der Waals surface area contributed by atoms with E-state index in [0.717, 1.165) is 76.5 Å². The highest BCUT2D eigenvalue weighted by atomic mass is 16.4. The summed E-state index contributed by atoms with van der Waals surface area (Å²) in [7, 11) is 0. The molecule has 184 valence electrons. The summed E-state index contributed by atoms with van der Waals surface area (Å²) in [6.45, 7) is 5.38. The first-order valence-electron chi connectivity index (χ1n) is 12.5. The van der Waals surface area contributed by atoms with E-state index in [-0.39, 0.29) is 0 Å². The van der Waals surface area contributed by atoms with Crippen molar-refractivity contribution in [3.63, 3.8) is 0 Å². The molecule has 0 spiro atoms. The summed E-state index contributed by atoms with van der Waals surface area (Å²) in [5.74, 6) is 1.42. The van der Waals surface area contributed by atoms with Gasteiger partial charge in [-0.2, -0.15) is 4.98 Å². The Morgan fingerprint density at radius 3 is 2.62 bits per heavy atom. The molecule has 5 heterocycles. The van der Waals surface area contributed by atoms with E-state index in [0.29, 0.717) is 18.4 Å². The third kappa shape index (κ3) is 3.79. The van der Waals surface area contributed by atoms with Crippen LogP contribution in [0.2, 0.25) is 0 Å². The maximum atomic E-state index is 6.27. The van der Waals surface area contributed by atoms with Crippen molar-refractivity contribution >= 4 is 45.4 Å². The normalized spacial score (nSPS) is 14.3. The van der Waals surface area contributed by atoms with Gasteiger partial charge in [0.1, 0.15) is 17.0 Å². The largest absolute Gasteiger partial charge is 0.423 e. The van der Waals surface area contributed by atoms with E-state index in [4.69, 9.17) is 15.1 Å². The smallest absolute Gasteiger partial charge is 0.298 e. The maximum Gasteiger partial charge on any atom is 0.298 e. The SMILES string of the molecule is Cc1cccc2c1nc(N)n1cc(Cc3ccnc(N4CCN(c5nc6ccccc6o5)CC4)c3)nc21. The molecule has 0 radical (unpaired) electrons. The van der Waals surface area contributed by atoms with E-state index >= 15 is 0 Å². The lowest BCUT2D eigenvalue weighted by Gasteiger charge is -2.34. The number of rotatable bonds is 4. The number of nitrogen functional groups attached to an aromatic ring is 1. The van der Waals surface area contributed by atoms with Crippen LogP contribution >= 0.6 is 0 Å². The van der Waals surface area contributed by atoms with Gasteiger partial charge in [-0.15, -0.1) is 0 Å². The van der Waals surface area contributed by atoms with Crippen molar-refractivity contribution < 1.29 is 4.42 Å². The van der Waals surface area contributed by atoms with Gasteiger partial charge in [0.2, 0.25) is 5.95 Å². The first-order valence-corrected chi connectivity index (χ1v) is 12.5. The topological polar surface area (TPSA) is 102 Å². The second-order valence-electron chi connectivity index (χ2n) is 9.50. The predicted octanol–water partition coefficient (Wildman–Crippen LogP) is 4.23. The quantitative estimate of drug-likeness (QED) is 0.392. The highest BCUT2D eigenvalue weighted by molar-refractivity contribution is 5.94. The molecule has 1 saturated heterocycles. The molecule has 6 aromatic rings. The minimum Gasteiger partial charge on any atom is -0.423 e. The molecule has 9 nitrogen and oxygen atoms in total. The van der Waals surface area contributed by atoms with Gasteiger partial charge in [-0.3, -0.25) is 4.40 Å². The van der Waals surface area contributed by atoms with Gasteiger partial charge in [0, 0.05) is 50.4 Å². The van der Waals surface area contributed by atoms with E-state index in [2.05, 4.69) is 30.8 Å². The third-order valence-corrected chi connectivity index (χ3v) is 7.06. The number of aryl methyl sites for hydroxylation is 1. The summed E-state index contributed by atoms with van der Waals surface area (Å²) >= 11 is 0. The molecular weight excluding hydrogens is 464 g/mol. The van der Waals surface area contributed by atoms with Crippen molar-refractivity contribution in [1.82, 2.24) is 24.3 Å². The Morgan fingerprint density at radius 1 is 0.919 bits per heavy atom. The van der Waals surface area contributed by atoms with Crippen LogP contribution in [0.5, 0.6) is 0 Å². The van der Waals surface area contributed by atoms with Crippen LogP contribution in [0.4, 0.5) is 17.8 Å². The van der Waals surface area contributed by atoms with Crippen LogP contribution < -0.4 is 15.5 Å². The molecule has 0 bridgehead atoms. The number of piperazine rings is 1. The molecule has 2 aromatic carbocycles. The van der Waals surface area contributed by atoms with Gasteiger partial charge in [-0.25, -0.2) is 15.0 Å². The Labute approximate surface area is 213 Å². The average Bonchev–Trinajstić information content (AvgIpc) is 3.55.